The van der Waals surface area contributed by atoms with Crippen LogP contribution >= 0.6 is 0 Å². The van der Waals surface area contributed by atoms with Crippen LogP contribution in [-0.4, -0.2) is 32.9 Å². The van der Waals surface area contributed by atoms with Crippen LogP contribution in [0, 0.1) is 20.8 Å². The zero-order chi connectivity index (χ0) is 14.2. The first kappa shape index (κ1) is 14.1. The molecule has 1 aliphatic carbocycles. The van der Waals surface area contributed by atoms with Gasteiger partial charge in [-0.15, -0.1) is 0 Å². The molecule has 0 aliphatic heterocycles. The molecule has 5 nitrogen and oxygen atoms in total. The number of carboxylic acids is 1. The smallest absolute Gasteiger partial charge is 0.323 e. The third kappa shape index (κ3) is 2.27. The van der Waals surface area contributed by atoms with E-state index >= 15 is 0 Å². The zero-order valence-electron chi connectivity index (χ0n) is 12.2. The molecule has 1 heterocycles. The molecule has 106 valence electrons. The van der Waals surface area contributed by atoms with Crippen molar-refractivity contribution >= 4 is 5.97 Å². The van der Waals surface area contributed by atoms with Crippen molar-refractivity contribution in [1.82, 2.24) is 15.1 Å². The van der Waals surface area contributed by atoms with Gasteiger partial charge in [-0.05, 0) is 52.1 Å². The second-order valence-electron chi connectivity index (χ2n) is 5.55. The predicted octanol–water partition coefficient (Wildman–Crippen LogP) is 1.97. The monoisotopic (exact) mass is 265 g/mol. The Morgan fingerprint density at radius 2 is 2.21 bits per heavy atom. The summed E-state index contributed by atoms with van der Waals surface area (Å²) in [5.74, 6) is -0.741. The van der Waals surface area contributed by atoms with Gasteiger partial charge < -0.3 is 10.4 Å². The molecule has 0 spiro atoms. The van der Waals surface area contributed by atoms with Gasteiger partial charge in [-0.2, -0.15) is 5.10 Å². The topological polar surface area (TPSA) is 67.2 Å². The third-order valence-corrected chi connectivity index (χ3v) is 4.45. The van der Waals surface area contributed by atoms with Crippen LogP contribution in [-0.2, 0) is 4.79 Å². The Morgan fingerprint density at radius 1 is 1.53 bits per heavy atom. The molecule has 1 aromatic rings. The molecule has 0 bridgehead atoms. The molecule has 2 atom stereocenters. The first-order valence-corrected chi connectivity index (χ1v) is 6.92. The number of nitrogens with one attached hydrogen (secondary N) is 1. The Morgan fingerprint density at radius 3 is 2.68 bits per heavy atom. The predicted molar refractivity (Wildman–Crippen MR) is 73.4 cm³/mol. The van der Waals surface area contributed by atoms with E-state index in [1.54, 1.807) is 0 Å². The minimum absolute atomic E-state index is 0.183. The van der Waals surface area contributed by atoms with Crippen molar-refractivity contribution in [2.45, 2.75) is 58.5 Å². The van der Waals surface area contributed by atoms with E-state index in [9.17, 15) is 9.90 Å². The Kier molecular flexibility index (Phi) is 3.67. The number of carbonyl (C=O) groups is 1. The van der Waals surface area contributed by atoms with Crippen LogP contribution < -0.4 is 5.32 Å². The average Bonchev–Trinajstić information content (AvgIpc) is 2.88. The van der Waals surface area contributed by atoms with Gasteiger partial charge in [-0.3, -0.25) is 9.48 Å². The van der Waals surface area contributed by atoms with Crippen LogP contribution in [0.25, 0.3) is 0 Å². The quantitative estimate of drug-likeness (QED) is 0.873. The van der Waals surface area contributed by atoms with Crippen molar-refractivity contribution < 1.29 is 9.90 Å². The Hall–Kier alpha value is -1.36. The van der Waals surface area contributed by atoms with E-state index in [1.807, 2.05) is 18.5 Å². The summed E-state index contributed by atoms with van der Waals surface area (Å²) in [6.45, 7) is 8.75. The van der Waals surface area contributed by atoms with Crippen molar-refractivity contribution in [2.75, 3.05) is 6.54 Å². The second kappa shape index (κ2) is 4.96. The van der Waals surface area contributed by atoms with Crippen molar-refractivity contribution in [3.8, 4) is 0 Å². The van der Waals surface area contributed by atoms with Crippen LogP contribution in [0.15, 0.2) is 0 Å². The lowest BCUT2D eigenvalue weighted by Crippen LogP contribution is -2.50. The third-order valence-electron chi connectivity index (χ3n) is 4.45. The lowest BCUT2D eigenvalue weighted by Gasteiger charge is -2.25. The highest BCUT2D eigenvalue weighted by molar-refractivity contribution is 5.79. The van der Waals surface area contributed by atoms with Crippen LogP contribution in [0.2, 0.25) is 0 Å². The van der Waals surface area contributed by atoms with E-state index in [0.717, 1.165) is 17.8 Å². The number of rotatable bonds is 4. The maximum absolute atomic E-state index is 11.6. The van der Waals surface area contributed by atoms with Gasteiger partial charge in [-0.25, -0.2) is 0 Å². The molecular formula is C14H23N3O2. The summed E-state index contributed by atoms with van der Waals surface area (Å²) in [6.07, 6.45) is 2.14. The highest BCUT2D eigenvalue weighted by Gasteiger charge is 2.46. The summed E-state index contributed by atoms with van der Waals surface area (Å²) < 4.78 is 2.02. The molecule has 2 unspecified atom stereocenters. The lowest BCUT2D eigenvalue weighted by atomic mass is 9.97. The minimum Gasteiger partial charge on any atom is -0.480 e. The molecule has 1 saturated carbocycles. The Labute approximate surface area is 114 Å². The number of hydrogen-bond acceptors (Lipinski definition) is 3. The standard InChI is InChI=1S/C14H23N3O2/c1-5-15-14(13(18)19)7-6-12(8-14)17-11(4)9(2)10(3)16-17/h12,15H,5-8H2,1-4H3,(H,18,19). The molecule has 5 heteroatoms. The Balaban J connectivity index is 2.26. The minimum atomic E-state index is -0.778. The summed E-state index contributed by atoms with van der Waals surface area (Å²) in [4.78, 5) is 11.6. The molecule has 0 radical (unpaired) electrons. The van der Waals surface area contributed by atoms with E-state index in [-0.39, 0.29) is 6.04 Å². The van der Waals surface area contributed by atoms with Crippen molar-refractivity contribution in [1.29, 1.82) is 0 Å². The molecule has 19 heavy (non-hydrogen) atoms. The number of carboxylic acid groups (broad SMARTS) is 1. The SMILES string of the molecule is CCNC1(C(=O)O)CCC(n2nc(C)c(C)c2C)C1. The van der Waals surface area contributed by atoms with Gasteiger partial charge >= 0.3 is 5.97 Å². The second-order valence-corrected chi connectivity index (χ2v) is 5.55. The molecular weight excluding hydrogens is 242 g/mol. The molecule has 1 aliphatic rings. The van der Waals surface area contributed by atoms with E-state index in [4.69, 9.17) is 0 Å². The highest BCUT2D eigenvalue weighted by atomic mass is 16.4. The number of aryl methyl sites for hydroxylation is 1. The summed E-state index contributed by atoms with van der Waals surface area (Å²) in [5, 5.41) is 17.2. The van der Waals surface area contributed by atoms with Crippen molar-refractivity contribution in [2.24, 2.45) is 0 Å². The number of aliphatic carboxylic acids is 1. The molecule has 0 amide bonds. The summed E-state index contributed by atoms with van der Waals surface area (Å²) >= 11 is 0. The molecule has 1 aromatic heterocycles. The average molecular weight is 265 g/mol. The van der Waals surface area contributed by atoms with Gasteiger partial charge in [0.25, 0.3) is 0 Å². The van der Waals surface area contributed by atoms with E-state index in [2.05, 4.69) is 24.3 Å². The lowest BCUT2D eigenvalue weighted by molar-refractivity contribution is -0.144. The van der Waals surface area contributed by atoms with E-state index < -0.39 is 11.5 Å². The summed E-state index contributed by atoms with van der Waals surface area (Å²) in [5.41, 5.74) is 2.62. The van der Waals surface area contributed by atoms with Gasteiger partial charge in [0, 0.05) is 5.69 Å². The molecule has 2 rings (SSSR count). The molecule has 0 saturated heterocycles. The van der Waals surface area contributed by atoms with Gasteiger partial charge in [0.05, 0.1) is 11.7 Å². The van der Waals surface area contributed by atoms with Crippen LogP contribution in [0.3, 0.4) is 0 Å². The van der Waals surface area contributed by atoms with Crippen molar-refractivity contribution in [3.05, 3.63) is 17.0 Å². The number of aromatic nitrogens is 2. The molecule has 0 aromatic carbocycles. The van der Waals surface area contributed by atoms with Crippen molar-refractivity contribution in [3.63, 3.8) is 0 Å². The normalized spacial score (nSPS) is 26.8. The van der Waals surface area contributed by atoms with Crippen LogP contribution in [0.4, 0.5) is 0 Å². The number of likely N-dealkylation sites (N-methyl/N-ethyl adjacent to an activating group) is 1. The summed E-state index contributed by atoms with van der Waals surface area (Å²) in [7, 11) is 0. The number of hydrogen-bond donors (Lipinski definition) is 2. The van der Waals surface area contributed by atoms with Crippen LogP contribution in [0.5, 0.6) is 0 Å². The zero-order valence-corrected chi connectivity index (χ0v) is 12.2. The first-order chi connectivity index (χ1) is 8.91. The van der Waals surface area contributed by atoms with Gasteiger partial charge in [0.15, 0.2) is 0 Å². The maximum Gasteiger partial charge on any atom is 0.323 e. The molecule has 1 fully saturated rings. The van der Waals surface area contributed by atoms with E-state index in [0.29, 0.717) is 19.4 Å². The van der Waals surface area contributed by atoms with Crippen LogP contribution in [0.1, 0.15) is 49.2 Å². The molecule has 2 N–H and O–H groups in total. The fraction of sp³-hybridized carbons (Fsp3) is 0.714. The first-order valence-electron chi connectivity index (χ1n) is 6.92. The maximum atomic E-state index is 11.6. The van der Waals surface area contributed by atoms with Gasteiger partial charge in [-0.1, -0.05) is 6.92 Å². The summed E-state index contributed by atoms with van der Waals surface area (Å²) in [6, 6.07) is 0.183. The van der Waals surface area contributed by atoms with Gasteiger partial charge in [0.2, 0.25) is 0 Å². The Bertz CT molecular complexity index is 495. The van der Waals surface area contributed by atoms with E-state index in [1.165, 1.54) is 5.56 Å². The largest absolute Gasteiger partial charge is 0.480 e. The van der Waals surface area contributed by atoms with Gasteiger partial charge in [0.1, 0.15) is 5.54 Å². The highest BCUT2D eigenvalue weighted by Crippen LogP contribution is 2.38. The fourth-order valence-electron chi connectivity index (χ4n) is 3.10. The fourth-order valence-corrected chi connectivity index (χ4v) is 3.10. The number of nitrogens with zero attached hydrogens (tertiary/aromatic N) is 2.